The van der Waals surface area contributed by atoms with Crippen LogP contribution in [0.5, 0.6) is 5.75 Å². The highest BCUT2D eigenvalue weighted by atomic mass is 16.6. The summed E-state index contributed by atoms with van der Waals surface area (Å²) in [5, 5.41) is 0. The molecule has 1 aliphatic rings. The third kappa shape index (κ3) is 2.79. The van der Waals surface area contributed by atoms with Crippen LogP contribution in [0.15, 0.2) is 42.5 Å². The minimum absolute atomic E-state index is 0.283. The first-order chi connectivity index (χ1) is 9.24. The quantitative estimate of drug-likeness (QED) is 0.775. The number of hydrogen-bond acceptors (Lipinski definition) is 2. The van der Waals surface area contributed by atoms with Crippen LogP contribution in [-0.4, -0.2) is 19.3 Å². The molecular formula is C17H18O2. The summed E-state index contributed by atoms with van der Waals surface area (Å²) in [5.74, 6) is 0.974. The lowest BCUT2D eigenvalue weighted by Crippen LogP contribution is -2.06. The number of para-hydroxylation sites is 1. The Labute approximate surface area is 114 Å². The van der Waals surface area contributed by atoms with Crippen LogP contribution in [0, 0.1) is 13.8 Å². The molecule has 0 aliphatic carbocycles. The van der Waals surface area contributed by atoms with E-state index in [0.29, 0.717) is 6.61 Å². The lowest BCUT2D eigenvalue weighted by atomic mass is 10.0. The molecule has 0 radical (unpaired) electrons. The highest BCUT2D eigenvalue weighted by molar-refractivity contribution is 5.72. The fraction of sp³-hybridized carbons (Fsp3) is 0.294. The number of hydrogen-bond donors (Lipinski definition) is 0. The van der Waals surface area contributed by atoms with Crippen molar-refractivity contribution in [2.45, 2.75) is 20.0 Å². The molecule has 19 heavy (non-hydrogen) atoms. The van der Waals surface area contributed by atoms with Gasteiger partial charge in [-0.3, -0.25) is 0 Å². The van der Waals surface area contributed by atoms with E-state index in [4.69, 9.17) is 9.47 Å². The highest BCUT2D eigenvalue weighted by Crippen LogP contribution is 2.33. The Bertz CT molecular complexity index is 568. The van der Waals surface area contributed by atoms with Gasteiger partial charge >= 0.3 is 0 Å². The van der Waals surface area contributed by atoms with Crippen LogP contribution in [0.3, 0.4) is 0 Å². The molecule has 1 atom stereocenters. The SMILES string of the molecule is Cc1ccc(-c2cccc(C)c2OCC2CO2)cc1. The maximum atomic E-state index is 5.95. The lowest BCUT2D eigenvalue weighted by Gasteiger charge is -2.14. The van der Waals surface area contributed by atoms with Crippen molar-refractivity contribution in [2.75, 3.05) is 13.2 Å². The van der Waals surface area contributed by atoms with E-state index in [1.54, 1.807) is 0 Å². The van der Waals surface area contributed by atoms with Crippen molar-refractivity contribution in [1.29, 1.82) is 0 Å². The van der Waals surface area contributed by atoms with Crippen molar-refractivity contribution >= 4 is 0 Å². The van der Waals surface area contributed by atoms with Crippen molar-refractivity contribution in [1.82, 2.24) is 0 Å². The van der Waals surface area contributed by atoms with E-state index >= 15 is 0 Å². The van der Waals surface area contributed by atoms with Gasteiger partial charge in [-0.2, -0.15) is 0 Å². The number of aryl methyl sites for hydroxylation is 2. The zero-order chi connectivity index (χ0) is 13.2. The van der Waals surface area contributed by atoms with Crippen LogP contribution in [0.25, 0.3) is 11.1 Å². The van der Waals surface area contributed by atoms with E-state index in [9.17, 15) is 0 Å². The van der Waals surface area contributed by atoms with Gasteiger partial charge in [0.1, 0.15) is 18.5 Å². The second-order valence-electron chi connectivity index (χ2n) is 5.08. The Morgan fingerprint density at radius 3 is 2.53 bits per heavy atom. The van der Waals surface area contributed by atoms with Gasteiger partial charge in [0, 0.05) is 5.56 Å². The second kappa shape index (κ2) is 5.06. The first kappa shape index (κ1) is 12.2. The van der Waals surface area contributed by atoms with Crippen LogP contribution in [-0.2, 0) is 4.74 Å². The summed E-state index contributed by atoms with van der Waals surface area (Å²) in [6.45, 7) is 5.65. The fourth-order valence-electron chi connectivity index (χ4n) is 2.15. The number of rotatable bonds is 4. The molecule has 0 aromatic heterocycles. The zero-order valence-electron chi connectivity index (χ0n) is 11.3. The van der Waals surface area contributed by atoms with Gasteiger partial charge in [-0.25, -0.2) is 0 Å². The van der Waals surface area contributed by atoms with Crippen molar-refractivity contribution < 1.29 is 9.47 Å². The summed E-state index contributed by atoms with van der Waals surface area (Å²) in [7, 11) is 0. The van der Waals surface area contributed by atoms with Crippen LogP contribution in [0.4, 0.5) is 0 Å². The molecule has 3 rings (SSSR count). The van der Waals surface area contributed by atoms with Crippen molar-refractivity contribution in [2.24, 2.45) is 0 Å². The van der Waals surface area contributed by atoms with Gasteiger partial charge in [-0.1, -0.05) is 48.0 Å². The fourth-order valence-corrected chi connectivity index (χ4v) is 2.15. The predicted octanol–water partition coefficient (Wildman–Crippen LogP) is 3.75. The standard InChI is InChI=1S/C17H18O2/c1-12-6-8-14(9-7-12)16-5-3-4-13(2)17(16)19-11-15-10-18-15/h3-9,15H,10-11H2,1-2H3. The van der Waals surface area contributed by atoms with E-state index in [-0.39, 0.29) is 6.10 Å². The van der Waals surface area contributed by atoms with Gasteiger partial charge in [-0.15, -0.1) is 0 Å². The van der Waals surface area contributed by atoms with E-state index in [1.807, 2.05) is 0 Å². The average Bonchev–Trinajstić information content (AvgIpc) is 3.22. The molecule has 2 heteroatoms. The molecule has 0 saturated carbocycles. The highest BCUT2D eigenvalue weighted by Gasteiger charge is 2.24. The summed E-state index contributed by atoms with van der Waals surface area (Å²) < 4.78 is 11.2. The third-order valence-electron chi connectivity index (χ3n) is 3.39. The maximum Gasteiger partial charge on any atom is 0.130 e. The molecule has 2 aromatic rings. The summed E-state index contributed by atoms with van der Waals surface area (Å²) in [6, 6.07) is 14.8. The molecule has 1 fully saturated rings. The molecule has 1 heterocycles. The smallest absolute Gasteiger partial charge is 0.130 e. The van der Waals surface area contributed by atoms with Gasteiger partial charge in [0.2, 0.25) is 0 Å². The predicted molar refractivity (Wildman–Crippen MR) is 76.6 cm³/mol. The van der Waals surface area contributed by atoms with Gasteiger partial charge in [0.05, 0.1) is 6.61 Å². The molecule has 0 N–H and O–H groups in total. The van der Waals surface area contributed by atoms with Crippen LogP contribution < -0.4 is 4.74 Å². The topological polar surface area (TPSA) is 21.8 Å². The molecule has 0 amide bonds. The minimum atomic E-state index is 0.283. The Morgan fingerprint density at radius 2 is 1.84 bits per heavy atom. The molecule has 1 saturated heterocycles. The summed E-state index contributed by atoms with van der Waals surface area (Å²) in [6.07, 6.45) is 0.283. The van der Waals surface area contributed by atoms with E-state index in [1.165, 1.54) is 16.7 Å². The van der Waals surface area contributed by atoms with Crippen LogP contribution >= 0.6 is 0 Å². The normalized spacial score (nSPS) is 17.3. The average molecular weight is 254 g/mol. The monoisotopic (exact) mass is 254 g/mol. The molecule has 2 aromatic carbocycles. The van der Waals surface area contributed by atoms with E-state index < -0.39 is 0 Å². The summed E-state index contributed by atoms with van der Waals surface area (Å²) in [5.41, 5.74) is 4.78. The Hall–Kier alpha value is -1.80. The Morgan fingerprint density at radius 1 is 1.11 bits per heavy atom. The van der Waals surface area contributed by atoms with Gasteiger partial charge in [0.15, 0.2) is 0 Å². The minimum Gasteiger partial charge on any atom is -0.490 e. The van der Waals surface area contributed by atoms with Gasteiger partial charge in [-0.05, 0) is 25.0 Å². The first-order valence-corrected chi connectivity index (χ1v) is 6.65. The first-order valence-electron chi connectivity index (χ1n) is 6.65. The molecular weight excluding hydrogens is 236 g/mol. The molecule has 2 nitrogen and oxygen atoms in total. The molecule has 0 bridgehead atoms. The lowest BCUT2D eigenvalue weighted by molar-refractivity contribution is 0.262. The molecule has 0 spiro atoms. The number of epoxide rings is 1. The van der Waals surface area contributed by atoms with E-state index in [0.717, 1.165) is 17.9 Å². The zero-order valence-corrected chi connectivity index (χ0v) is 11.3. The Kier molecular flexibility index (Phi) is 3.26. The molecule has 1 aliphatic heterocycles. The number of ether oxygens (including phenoxy) is 2. The third-order valence-corrected chi connectivity index (χ3v) is 3.39. The van der Waals surface area contributed by atoms with Crippen molar-refractivity contribution in [3.8, 4) is 16.9 Å². The maximum absolute atomic E-state index is 5.95. The molecule has 98 valence electrons. The summed E-state index contributed by atoms with van der Waals surface area (Å²) in [4.78, 5) is 0. The molecule has 1 unspecified atom stereocenters. The summed E-state index contributed by atoms with van der Waals surface area (Å²) >= 11 is 0. The van der Waals surface area contributed by atoms with E-state index in [2.05, 4.69) is 56.3 Å². The second-order valence-corrected chi connectivity index (χ2v) is 5.08. The van der Waals surface area contributed by atoms with Gasteiger partial charge in [0.25, 0.3) is 0 Å². The van der Waals surface area contributed by atoms with Gasteiger partial charge < -0.3 is 9.47 Å². The number of benzene rings is 2. The van der Waals surface area contributed by atoms with Crippen molar-refractivity contribution in [3.05, 3.63) is 53.6 Å². The van der Waals surface area contributed by atoms with Crippen molar-refractivity contribution in [3.63, 3.8) is 0 Å². The van der Waals surface area contributed by atoms with Crippen LogP contribution in [0.2, 0.25) is 0 Å². The van der Waals surface area contributed by atoms with Crippen LogP contribution in [0.1, 0.15) is 11.1 Å². The Balaban J connectivity index is 1.94. The largest absolute Gasteiger partial charge is 0.490 e.